The lowest BCUT2D eigenvalue weighted by Crippen LogP contribution is -2.34. The van der Waals surface area contributed by atoms with Gasteiger partial charge in [0.05, 0.1) is 18.6 Å². The van der Waals surface area contributed by atoms with Gasteiger partial charge in [-0.1, -0.05) is 44.2 Å². The summed E-state index contributed by atoms with van der Waals surface area (Å²) in [6.45, 7) is 4.31. The molecule has 21 heavy (non-hydrogen) atoms. The number of Topliss-reactive ketones (excluding diaryl/α,β-unsaturated/α-hetero) is 1. The van der Waals surface area contributed by atoms with Gasteiger partial charge in [0.1, 0.15) is 5.76 Å². The predicted molar refractivity (Wildman–Crippen MR) is 79.9 cm³/mol. The number of hydrogen-bond acceptors (Lipinski definition) is 4. The van der Waals surface area contributed by atoms with Crippen molar-refractivity contribution >= 4 is 5.78 Å². The third kappa shape index (κ3) is 3.80. The Balaban J connectivity index is 2.14. The van der Waals surface area contributed by atoms with Crippen molar-refractivity contribution in [2.24, 2.45) is 5.92 Å². The molecule has 1 aromatic carbocycles. The Bertz CT molecular complexity index is 572. The van der Waals surface area contributed by atoms with Crippen molar-refractivity contribution in [2.75, 3.05) is 6.61 Å². The maximum absolute atomic E-state index is 12.3. The SMILES string of the molecule is CC(C)COC1(O)C=CC(C(=O)c2ccccc2)=C(O)C1. The van der Waals surface area contributed by atoms with Gasteiger partial charge >= 0.3 is 0 Å². The largest absolute Gasteiger partial charge is 0.511 e. The van der Waals surface area contributed by atoms with Crippen LogP contribution >= 0.6 is 0 Å². The van der Waals surface area contributed by atoms with Crippen LogP contribution in [0.1, 0.15) is 30.6 Å². The fourth-order valence-corrected chi connectivity index (χ4v) is 2.07. The van der Waals surface area contributed by atoms with Crippen molar-refractivity contribution in [3.05, 3.63) is 59.4 Å². The second-order valence-corrected chi connectivity index (χ2v) is 5.62. The van der Waals surface area contributed by atoms with E-state index in [1.54, 1.807) is 24.3 Å². The molecule has 1 aromatic rings. The van der Waals surface area contributed by atoms with E-state index in [1.165, 1.54) is 12.2 Å². The maximum atomic E-state index is 12.3. The van der Waals surface area contributed by atoms with Crippen LogP contribution in [0.4, 0.5) is 0 Å². The molecule has 0 amide bonds. The molecule has 0 radical (unpaired) electrons. The van der Waals surface area contributed by atoms with Crippen molar-refractivity contribution in [1.82, 2.24) is 0 Å². The Morgan fingerprint density at radius 3 is 2.57 bits per heavy atom. The summed E-state index contributed by atoms with van der Waals surface area (Å²) < 4.78 is 5.40. The van der Waals surface area contributed by atoms with Crippen LogP contribution in [0.25, 0.3) is 0 Å². The predicted octanol–water partition coefficient (Wildman–Crippen LogP) is 3.00. The lowest BCUT2D eigenvalue weighted by molar-refractivity contribution is -0.176. The molecule has 4 heteroatoms. The fourth-order valence-electron chi connectivity index (χ4n) is 2.07. The number of rotatable bonds is 5. The molecule has 2 N–H and O–H groups in total. The molecule has 112 valence electrons. The molecule has 0 saturated carbocycles. The van der Waals surface area contributed by atoms with Crippen LogP contribution in [0.15, 0.2) is 53.8 Å². The zero-order chi connectivity index (χ0) is 15.5. The van der Waals surface area contributed by atoms with E-state index in [0.717, 1.165) is 0 Å². The lowest BCUT2D eigenvalue weighted by atomic mass is 9.94. The van der Waals surface area contributed by atoms with Gasteiger partial charge in [-0.2, -0.15) is 0 Å². The molecule has 0 aromatic heterocycles. The van der Waals surface area contributed by atoms with Crippen molar-refractivity contribution < 1.29 is 19.7 Å². The smallest absolute Gasteiger partial charge is 0.196 e. The summed E-state index contributed by atoms with van der Waals surface area (Å²) in [6.07, 6.45) is 2.73. The van der Waals surface area contributed by atoms with Crippen molar-refractivity contribution in [1.29, 1.82) is 0 Å². The van der Waals surface area contributed by atoms with Gasteiger partial charge in [0, 0.05) is 5.56 Å². The van der Waals surface area contributed by atoms with E-state index in [9.17, 15) is 15.0 Å². The van der Waals surface area contributed by atoms with Gasteiger partial charge in [-0.05, 0) is 18.1 Å². The number of ketones is 1. The minimum Gasteiger partial charge on any atom is -0.511 e. The molecular weight excluding hydrogens is 268 g/mol. The van der Waals surface area contributed by atoms with Crippen LogP contribution in [0.2, 0.25) is 0 Å². The van der Waals surface area contributed by atoms with Crippen LogP contribution < -0.4 is 0 Å². The Morgan fingerprint density at radius 1 is 1.33 bits per heavy atom. The quantitative estimate of drug-likeness (QED) is 0.645. The van der Waals surface area contributed by atoms with Gasteiger partial charge in [-0.3, -0.25) is 4.79 Å². The second-order valence-electron chi connectivity index (χ2n) is 5.62. The zero-order valence-electron chi connectivity index (χ0n) is 12.2. The van der Waals surface area contributed by atoms with Crippen molar-refractivity contribution in [3.8, 4) is 0 Å². The van der Waals surface area contributed by atoms with E-state index in [0.29, 0.717) is 12.2 Å². The van der Waals surface area contributed by atoms with Crippen LogP contribution in [0, 0.1) is 5.92 Å². The summed E-state index contributed by atoms with van der Waals surface area (Å²) in [4.78, 5) is 12.3. The zero-order valence-corrected chi connectivity index (χ0v) is 12.2. The van der Waals surface area contributed by atoms with E-state index >= 15 is 0 Å². The number of carbonyl (C=O) groups excluding carboxylic acids is 1. The summed E-state index contributed by atoms with van der Waals surface area (Å²) in [5.41, 5.74) is 0.691. The number of allylic oxidation sites excluding steroid dienone is 2. The molecule has 0 aliphatic heterocycles. The topological polar surface area (TPSA) is 66.8 Å². The molecule has 1 unspecified atom stereocenters. The van der Waals surface area contributed by atoms with Gasteiger partial charge in [-0.25, -0.2) is 0 Å². The first-order valence-electron chi connectivity index (χ1n) is 6.99. The lowest BCUT2D eigenvalue weighted by Gasteiger charge is -2.29. The van der Waals surface area contributed by atoms with E-state index in [-0.39, 0.29) is 29.5 Å². The Kier molecular flexibility index (Phi) is 4.60. The molecule has 4 nitrogen and oxygen atoms in total. The first-order valence-corrected chi connectivity index (χ1v) is 6.99. The number of hydrogen-bond donors (Lipinski definition) is 2. The first-order chi connectivity index (χ1) is 9.91. The minimum absolute atomic E-state index is 0.121. The summed E-state index contributed by atoms with van der Waals surface area (Å²) in [6, 6.07) is 8.72. The Morgan fingerprint density at radius 2 is 2.00 bits per heavy atom. The van der Waals surface area contributed by atoms with Gasteiger partial charge in [0.2, 0.25) is 0 Å². The molecule has 2 rings (SSSR count). The highest BCUT2D eigenvalue weighted by Crippen LogP contribution is 2.29. The van der Waals surface area contributed by atoms with Crippen LogP contribution in [0.5, 0.6) is 0 Å². The van der Waals surface area contributed by atoms with Crippen LogP contribution in [-0.2, 0) is 4.74 Å². The average Bonchev–Trinajstić information content (AvgIpc) is 2.46. The number of aliphatic hydroxyl groups excluding tert-OH is 1. The molecule has 1 aliphatic rings. The Labute approximate surface area is 124 Å². The molecule has 0 spiro atoms. The summed E-state index contributed by atoms with van der Waals surface area (Å²) >= 11 is 0. The second kappa shape index (κ2) is 6.24. The summed E-state index contributed by atoms with van der Waals surface area (Å²) in [7, 11) is 0. The number of benzene rings is 1. The van der Waals surface area contributed by atoms with E-state index in [2.05, 4.69) is 0 Å². The number of aliphatic hydroxyl groups is 2. The minimum atomic E-state index is -1.55. The normalized spacial score (nSPS) is 21.9. The maximum Gasteiger partial charge on any atom is 0.196 e. The number of carbonyl (C=O) groups is 1. The highest BCUT2D eigenvalue weighted by molar-refractivity contribution is 6.11. The van der Waals surface area contributed by atoms with E-state index < -0.39 is 5.79 Å². The molecule has 1 atom stereocenters. The molecule has 1 aliphatic carbocycles. The fraction of sp³-hybridized carbons (Fsp3) is 0.353. The molecular formula is C17H20O4. The highest BCUT2D eigenvalue weighted by atomic mass is 16.6. The van der Waals surface area contributed by atoms with Crippen molar-refractivity contribution in [2.45, 2.75) is 26.1 Å². The standard InChI is InChI=1S/C17H20O4/c1-12(2)11-21-17(20)9-8-14(15(18)10-17)16(19)13-6-4-3-5-7-13/h3-9,12,18,20H,10-11H2,1-2H3. The Hall–Kier alpha value is -1.91. The third-order valence-corrected chi connectivity index (χ3v) is 3.19. The molecule has 0 saturated heterocycles. The third-order valence-electron chi connectivity index (χ3n) is 3.19. The number of ether oxygens (including phenoxy) is 1. The van der Waals surface area contributed by atoms with E-state index in [4.69, 9.17) is 4.74 Å². The van der Waals surface area contributed by atoms with Gasteiger partial charge in [0.25, 0.3) is 0 Å². The summed E-state index contributed by atoms with van der Waals surface area (Å²) in [5.74, 6) is -1.71. The average molecular weight is 288 g/mol. The molecule has 0 heterocycles. The molecule has 0 bridgehead atoms. The monoisotopic (exact) mass is 288 g/mol. The molecule has 0 fully saturated rings. The summed E-state index contributed by atoms with van der Waals surface area (Å²) in [5, 5.41) is 20.3. The first kappa shape index (κ1) is 15.5. The van der Waals surface area contributed by atoms with Gasteiger partial charge in [-0.15, -0.1) is 0 Å². The van der Waals surface area contributed by atoms with Crippen molar-refractivity contribution in [3.63, 3.8) is 0 Å². The van der Waals surface area contributed by atoms with Gasteiger partial charge < -0.3 is 14.9 Å². The highest BCUT2D eigenvalue weighted by Gasteiger charge is 2.32. The van der Waals surface area contributed by atoms with Crippen LogP contribution in [-0.4, -0.2) is 28.4 Å². The van der Waals surface area contributed by atoms with E-state index in [1.807, 2.05) is 19.9 Å². The van der Waals surface area contributed by atoms with Gasteiger partial charge in [0.15, 0.2) is 11.6 Å². The van der Waals surface area contributed by atoms with Crippen LogP contribution in [0.3, 0.4) is 0 Å².